The van der Waals surface area contributed by atoms with Gasteiger partial charge in [-0.3, -0.25) is 9.69 Å². The first-order valence-electron chi connectivity index (χ1n) is 9.06. The van der Waals surface area contributed by atoms with E-state index in [1.807, 2.05) is 0 Å². The number of likely N-dealkylation sites (N-methyl/N-ethyl adjacent to an activating group) is 1. The lowest BCUT2D eigenvalue weighted by Crippen LogP contribution is -2.43. The molecule has 24 heavy (non-hydrogen) atoms. The molecule has 1 saturated heterocycles. The third-order valence-corrected chi connectivity index (χ3v) is 5.31. The van der Waals surface area contributed by atoms with Gasteiger partial charge in [0.25, 0.3) is 0 Å². The molecule has 1 aromatic rings. The molecule has 3 rings (SSSR count). The SMILES string of the molecule is CN1CCN(Cc2ccc(CNC(=O)C3CCCC3O)cc2)CC1. The van der Waals surface area contributed by atoms with E-state index in [1.54, 1.807) is 0 Å². The molecule has 0 bridgehead atoms. The summed E-state index contributed by atoms with van der Waals surface area (Å²) in [5.74, 6) is -0.233. The fraction of sp³-hybridized carbons (Fsp3) is 0.632. The predicted molar refractivity (Wildman–Crippen MR) is 94.4 cm³/mol. The lowest BCUT2D eigenvalue weighted by molar-refractivity contribution is -0.127. The number of hydrogen-bond acceptors (Lipinski definition) is 4. The van der Waals surface area contributed by atoms with Crippen LogP contribution in [0.5, 0.6) is 0 Å². The Morgan fingerprint density at radius 1 is 1.12 bits per heavy atom. The second kappa shape index (κ2) is 8.10. The molecule has 5 nitrogen and oxygen atoms in total. The highest BCUT2D eigenvalue weighted by molar-refractivity contribution is 5.79. The van der Waals surface area contributed by atoms with Gasteiger partial charge in [0.2, 0.25) is 5.91 Å². The summed E-state index contributed by atoms with van der Waals surface area (Å²) >= 11 is 0. The molecule has 132 valence electrons. The number of aliphatic hydroxyl groups is 1. The minimum Gasteiger partial charge on any atom is -0.392 e. The van der Waals surface area contributed by atoms with Crippen molar-refractivity contribution in [3.63, 3.8) is 0 Å². The second-order valence-electron chi connectivity index (χ2n) is 7.22. The van der Waals surface area contributed by atoms with Gasteiger partial charge >= 0.3 is 0 Å². The fourth-order valence-electron chi connectivity index (χ4n) is 3.59. The average Bonchev–Trinajstić information content (AvgIpc) is 3.02. The van der Waals surface area contributed by atoms with Crippen LogP contribution >= 0.6 is 0 Å². The summed E-state index contributed by atoms with van der Waals surface area (Å²) in [6, 6.07) is 8.50. The first-order valence-corrected chi connectivity index (χ1v) is 9.06. The van der Waals surface area contributed by atoms with Crippen LogP contribution in [0.3, 0.4) is 0 Å². The van der Waals surface area contributed by atoms with Crippen molar-refractivity contribution in [2.24, 2.45) is 5.92 Å². The molecule has 2 aliphatic rings. The zero-order valence-corrected chi connectivity index (χ0v) is 14.6. The maximum absolute atomic E-state index is 12.1. The number of piperazine rings is 1. The van der Waals surface area contributed by atoms with Crippen molar-refractivity contribution in [2.75, 3.05) is 33.2 Å². The smallest absolute Gasteiger partial charge is 0.225 e. The highest BCUT2D eigenvalue weighted by Crippen LogP contribution is 2.25. The number of aliphatic hydroxyl groups excluding tert-OH is 1. The van der Waals surface area contributed by atoms with Crippen LogP contribution in [0.4, 0.5) is 0 Å². The van der Waals surface area contributed by atoms with Gasteiger partial charge in [0.05, 0.1) is 12.0 Å². The van der Waals surface area contributed by atoms with Gasteiger partial charge in [-0.05, 0) is 37.4 Å². The van der Waals surface area contributed by atoms with Crippen molar-refractivity contribution < 1.29 is 9.90 Å². The van der Waals surface area contributed by atoms with Crippen LogP contribution in [-0.4, -0.2) is 60.1 Å². The van der Waals surface area contributed by atoms with E-state index in [0.717, 1.165) is 57.5 Å². The highest BCUT2D eigenvalue weighted by atomic mass is 16.3. The molecule has 1 saturated carbocycles. The van der Waals surface area contributed by atoms with E-state index in [-0.39, 0.29) is 11.8 Å². The summed E-state index contributed by atoms with van der Waals surface area (Å²) in [6.07, 6.45) is 2.03. The van der Waals surface area contributed by atoms with Gasteiger partial charge in [-0.1, -0.05) is 24.3 Å². The lowest BCUT2D eigenvalue weighted by Gasteiger charge is -2.32. The standard InChI is InChI=1S/C19H29N3O2/c1-21-9-11-22(12-10-21)14-16-7-5-15(6-8-16)13-20-19(24)17-3-2-4-18(17)23/h5-8,17-18,23H,2-4,9-14H2,1H3,(H,20,24). The Morgan fingerprint density at radius 2 is 1.79 bits per heavy atom. The van der Waals surface area contributed by atoms with Crippen molar-refractivity contribution >= 4 is 5.91 Å². The summed E-state index contributed by atoms with van der Waals surface area (Å²) in [5, 5.41) is 12.8. The molecule has 1 aromatic carbocycles. The Kier molecular flexibility index (Phi) is 5.87. The quantitative estimate of drug-likeness (QED) is 0.852. The lowest BCUT2D eigenvalue weighted by atomic mass is 10.0. The summed E-state index contributed by atoms with van der Waals surface area (Å²) < 4.78 is 0. The van der Waals surface area contributed by atoms with Gasteiger partial charge in [-0.15, -0.1) is 0 Å². The van der Waals surface area contributed by atoms with Crippen LogP contribution in [-0.2, 0) is 17.9 Å². The maximum Gasteiger partial charge on any atom is 0.225 e. The van der Waals surface area contributed by atoms with Crippen LogP contribution in [0.1, 0.15) is 30.4 Å². The molecule has 2 N–H and O–H groups in total. The van der Waals surface area contributed by atoms with Crippen molar-refractivity contribution in [1.82, 2.24) is 15.1 Å². The summed E-state index contributed by atoms with van der Waals surface area (Å²) in [7, 11) is 2.17. The number of benzene rings is 1. The average molecular weight is 331 g/mol. The van der Waals surface area contributed by atoms with E-state index in [9.17, 15) is 9.90 Å². The van der Waals surface area contributed by atoms with E-state index in [0.29, 0.717) is 6.54 Å². The Hall–Kier alpha value is -1.43. The normalized spacial score (nSPS) is 25.8. The number of carbonyl (C=O) groups excluding carboxylic acids is 1. The van der Waals surface area contributed by atoms with Crippen LogP contribution in [0, 0.1) is 5.92 Å². The Labute approximate surface area is 144 Å². The largest absolute Gasteiger partial charge is 0.392 e. The number of nitrogens with zero attached hydrogens (tertiary/aromatic N) is 2. The Morgan fingerprint density at radius 3 is 2.42 bits per heavy atom. The van der Waals surface area contributed by atoms with Crippen LogP contribution in [0.25, 0.3) is 0 Å². The summed E-state index contributed by atoms with van der Waals surface area (Å²) in [6.45, 7) is 6.05. The van der Waals surface area contributed by atoms with Gasteiger partial charge in [0.15, 0.2) is 0 Å². The molecule has 0 radical (unpaired) electrons. The van der Waals surface area contributed by atoms with Gasteiger partial charge in [0, 0.05) is 39.3 Å². The highest BCUT2D eigenvalue weighted by Gasteiger charge is 2.31. The topological polar surface area (TPSA) is 55.8 Å². The van der Waals surface area contributed by atoms with Crippen LogP contribution in [0.2, 0.25) is 0 Å². The zero-order valence-electron chi connectivity index (χ0n) is 14.6. The van der Waals surface area contributed by atoms with Gasteiger partial charge < -0.3 is 15.3 Å². The minimum absolute atomic E-state index is 0.0125. The van der Waals surface area contributed by atoms with Crippen molar-refractivity contribution in [3.05, 3.63) is 35.4 Å². The number of nitrogens with one attached hydrogen (secondary N) is 1. The Bertz CT molecular complexity index is 538. The molecule has 5 heteroatoms. The molecule has 1 heterocycles. The maximum atomic E-state index is 12.1. The van der Waals surface area contributed by atoms with E-state index < -0.39 is 6.10 Å². The summed E-state index contributed by atoms with van der Waals surface area (Å²) in [4.78, 5) is 17.0. The van der Waals surface area contributed by atoms with E-state index in [4.69, 9.17) is 0 Å². The summed E-state index contributed by atoms with van der Waals surface area (Å²) in [5.41, 5.74) is 2.43. The molecule has 0 spiro atoms. The second-order valence-corrected chi connectivity index (χ2v) is 7.22. The van der Waals surface area contributed by atoms with E-state index >= 15 is 0 Å². The zero-order chi connectivity index (χ0) is 16.9. The Balaban J connectivity index is 1.45. The number of rotatable bonds is 5. The van der Waals surface area contributed by atoms with Gasteiger partial charge in [-0.2, -0.15) is 0 Å². The number of hydrogen-bond donors (Lipinski definition) is 2. The number of carbonyl (C=O) groups is 1. The van der Waals surface area contributed by atoms with Crippen LogP contribution in [0.15, 0.2) is 24.3 Å². The predicted octanol–water partition coefficient (Wildman–Crippen LogP) is 1.21. The fourth-order valence-corrected chi connectivity index (χ4v) is 3.59. The molecule has 1 aliphatic heterocycles. The van der Waals surface area contributed by atoms with Gasteiger partial charge in [0.1, 0.15) is 0 Å². The van der Waals surface area contributed by atoms with Crippen molar-refractivity contribution in [2.45, 2.75) is 38.5 Å². The van der Waals surface area contributed by atoms with E-state index in [2.05, 4.69) is 46.4 Å². The van der Waals surface area contributed by atoms with E-state index in [1.165, 1.54) is 5.56 Å². The third-order valence-electron chi connectivity index (χ3n) is 5.31. The first kappa shape index (κ1) is 17.4. The molecular weight excluding hydrogens is 302 g/mol. The molecule has 2 unspecified atom stereocenters. The molecule has 2 fully saturated rings. The molecular formula is C19H29N3O2. The van der Waals surface area contributed by atoms with Crippen molar-refractivity contribution in [3.8, 4) is 0 Å². The molecule has 1 aliphatic carbocycles. The minimum atomic E-state index is -0.462. The monoisotopic (exact) mass is 331 g/mol. The molecule has 1 amide bonds. The molecule has 0 aromatic heterocycles. The van der Waals surface area contributed by atoms with Crippen molar-refractivity contribution in [1.29, 1.82) is 0 Å². The van der Waals surface area contributed by atoms with Gasteiger partial charge in [-0.25, -0.2) is 0 Å². The third kappa shape index (κ3) is 4.56. The first-order chi connectivity index (χ1) is 11.6. The molecule has 2 atom stereocenters. The van der Waals surface area contributed by atoms with Crippen LogP contribution < -0.4 is 5.32 Å². The number of amides is 1.